The van der Waals surface area contributed by atoms with Gasteiger partial charge in [0.25, 0.3) is 0 Å². The van der Waals surface area contributed by atoms with Crippen LogP contribution in [0.25, 0.3) is 0 Å². The summed E-state index contributed by atoms with van der Waals surface area (Å²) in [5.74, 6) is 1.96. The highest BCUT2D eigenvalue weighted by molar-refractivity contribution is 5.36. The van der Waals surface area contributed by atoms with E-state index in [1.807, 2.05) is 13.0 Å². The Morgan fingerprint density at radius 1 is 1.40 bits per heavy atom. The van der Waals surface area contributed by atoms with Crippen molar-refractivity contribution in [3.05, 3.63) is 23.9 Å². The minimum absolute atomic E-state index is 0.643. The van der Waals surface area contributed by atoms with Gasteiger partial charge in [-0.2, -0.15) is 0 Å². The van der Waals surface area contributed by atoms with E-state index in [1.54, 1.807) is 0 Å². The third kappa shape index (κ3) is 2.71. The van der Waals surface area contributed by atoms with E-state index in [0.717, 1.165) is 17.4 Å². The minimum atomic E-state index is 0.643. The molecule has 1 aromatic rings. The molecule has 1 heterocycles. The van der Waals surface area contributed by atoms with E-state index in [-0.39, 0.29) is 0 Å². The molecule has 0 saturated heterocycles. The first-order valence-corrected chi connectivity index (χ1v) is 5.98. The van der Waals surface area contributed by atoms with Crippen LogP contribution in [0.5, 0.6) is 0 Å². The number of rotatable bonds is 3. The summed E-state index contributed by atoms with van der Waals surface area (Å²) in [6.45, 7) is 4.33. The van der Waals surface area contributed by atoms with Gasteiger partial charge in [-0.25, -0.2) is 4.98 Å². The quantitative estimate of drug-likeness (QED) is 0.816. The molecule has 0 radical (unpaired) electrons. The molecule has 0 bridgehead atoms. The normalized spacial score (nSPS) is 25.5. The molecule has 1 aliphatic carbocycles. The van der Waals surface area contributed by atoms with Crippen LogP contribution in [0.1, 0.15) is 38.3 Å². The van der Waals surface area contributed by atoms with Crippen LogP contribution in [-0.2, 0) is 0 Å². The summed E-state index contributed by atoms with van der Waals surface area (Å²) in [6.07, 6.45) is 5.31. The van der Waals surface area contributed by atoms with Gasteiger partial charge in [-0.15, -0.1) is 0 Å². The molecule has 2 unspecified atom stereocenters. The highest BCUT2D eigenvalue weighted by Gasteiger charge is 2.23. The van der Waals surface area contributed by atoms with Crippen LogP contribution in [0, 0.1) is 12.8 Å². The van der Waals surface area contributed by atoms with Gasteiger partial charge in [0.15, 0.2) is 0 Å². The maximum absolute atomic E-state index is 4.48. The summed E-state index contributed by atoms with van der Waals surface area (Å²) < 4.78 is 0. The number of hydrogen-bond acceptors (Lipinski definition) is 2. The summed E-state index contributed by atoms with van der Waals surface area (Å²) >= 11 is 0. The van der Waals surface area contributed by atoms with E-state index >= 15 is 0 Å². The standard InChI is InChI=1S/C13H20N2/c1-3-11-7-8-12(9-11)15-13-6-4-5-10(2)14-13/h4-6,11-12H,3,7-9H2,1-2H3,(H,14,15). The Morgan fingerprint density at radius 3 is 2.93 bits per heavy atom. The summed E-state index contributed by atoms with van der Waals surface area (Å²) in [5, 5.41) is 3.53. The number of hydrogen-bond donors (Lipinski definition) is 1. The molecule has 1 aliphatic rings. The molecule has 1 saturated carbocycles. The fraction of sp³-hybridized carbons (Fsp3) is 0.615. The Labute approximate surface area is 92.1 Å². The molecule has 1 N–H and O–H groups in total. The van der Waals surface area contributed by atoms with Crippen LogP contribution in [0.4, 0.5) is 5.82 Å². The maximum Gasteiger partial charge on any atom is 0.126 e. The first-order chi connectivity index (χ1) is 7.28. The van der Waals surface area contributed by atoms with Gasteiger partial charge >= 0.3 is 0 Å². The number of pyridine rings is 1. The molecule has 0 aromatic carbocycles. The Balaban J connectivity index is 1.92. The van der Waals surface area contributed by atoms with Crippen molar-refractivity contribution in [3.8, 4) is 0 Å². The predicted octanol–water partition coefficient (Wildman–Crippen LogP) is 3.38. The van der Waals surface area contributed by atoms with Crippen molar-refractivity contribution in [2.75, 3.05) is 5.32 Å². The summed E-state index contributed by atoms with van der Waals surface area (Å²) in [6, 6.07) is 6.81. The minimum Gasteiger partial charge on any atom is -0.367 e. The lowest BCUT2D eigenvalue weighted by molar-refractivity contribution is 0.524. The maximum atomic E-state index is 4.48. The molecule has 1 fully saturated rings. The molecule has 0 amide bonds. The Bertz CT molecular complexity index is 322. The fourth-order valence-corrected chi connectivity index (χ4v) is 2.41. The lowest BCUT2D eigenvalue weighted by Gasteiger charge is -2.13. The average molecular weight is 204 g/mol. The van der Waals surface area contributed by atoms with Crippen LogP contribution in [-0.4, -0.2) is 11.0 Å². The van der Waals surface area contributed by atoms with Gasteiger partial charge in [0.05, 0.1) is 0 Å². The van der Waals surface area contributed by atoms with Gasteiger partial charge < -0.3 is 5.32 Å². The largest absolute Gasteiger partial charge is 0.367 e. The van der Waals surface area contributed by atoms with Gasteiger partial charge in [-0.05, 0) is 44.2 Å². The second-order valence-electron chi connectivity index (χ2n) is 4.59. The fourth-order valence-electron chi connectivity index (χ4n) is 2.41. The van der Waals surface area contributed by atoms with Crippen LogP contribution < -0.4 is 5.32 Å². The van der Waals surface area contributed by atoms with Crippen molar-refractivity contribution in [3.63, 3.8) is 0 Å². The van der Waals surface area contributed by atoms with Crippen LogP contribution in [0.3, 0.4) is 0 Å². The third-order valence-electron chi connectivity index (χ3n) is 3.36. The molecular weight excluding hydrogens is 184 g/mol. The lowest BCUT2D eigenvalue weighted by Crippen LogP contribution is -2.16. The van der Waals surface area contributed by atoms with Crippen LogP contribution >= 0.6 is 0 Å². The smallest absolute Gasteiger partial charge is 0.126 e. The van der Waals surface area contributed by atoms with Gasteiger partial charge in [0.2, 0.25) is 0 Å². The van der Waals surface area contributed by atoms with Gasteiger partial charge in [-0.3, -0.25) is 0 Å². The zero-order valence-electron chi connectivity index (χ0n) is 9.66. The molecule has 15 heavy (non-hydrogen) atoms. The highest BCUT2D eigenvalue weighted by Crippen LogP contribution is 2.29. The van der Waals surface area contributed by atoms with E-state index in [9.17, 15) is 0 Å². The molecule has 2 atom stereocenters. The first-order valence-electron chi connectivity index (χ1n) is 5.98. The van der Waals surface area contributed by atoms with E-state index in [4.69, 9.17) is 0 Å². The molecule has 2 heteroatoms. The average Bonchev–Trinajstić information content (AvgIpc) is 2.65. The van der Waals surface area contributed by atoms with E-state index in [0.29, 0.717) is 6.04 Å². The van der Waals surface area contributed by atoms with E-state index in [1.165, 1.54) is 25.7 Å². The molecule has 1 aromatic heterocycles. The first kappa shape index (κ1) is 10.5. The highest BCUT2D eigenvalue weighted by atomic mass is 15.0. The molecule has 0 aliphatic heterocycles. The predicted molar refractivity (Wildman–Crippen MR) is 64.0 cm³/mol. The van der Waals surface area contributed by atoms with E-state index in [2.05, 4.69) is 29.4 Å². The molecular formula is C13H20N2. The number of nitrogens with one attached hydrogen (secondary N) is 1. The molecule has 0 spiro atoms. The van der Waals surface area contributed by atoms with Gasteiger partial charge in [0.1, 0.15) is 5.82 Å². The molecule has 2 nitrogen and oxygen atoms in total. The third-order valence-corrected chi connectivity index (χ3v) is 3.36. The number of anilines is 1. The number of aryl methyl sites for hydroxylation is 1. The van der Waals surface area contributed by atoms with Crippen molar-refractivity contribution in [2.45, 2.75) is 45.6 Å². The topological polar surface area (TPSA) is 24.9 Å². The van der Waals surface area contributed by atoms with Crippen molar-refractivity contribution in [2.24, 2.45) is 5.92 Å². The summed E-state index contributed by atoms with van der Waals surface area (Å²) in [4.78, 5) is 4.48. The van der Waals surface area contributed by atoms with Gasteiger partial charge in [-0.1, -0.05) is 19.4 Å². The zero-order valence-corrected chi connectivity index (χ0v) is 9.66. The second kappa shape index (κ2) is 4.65. The van der Waals surface area contributed by atoms with Crippen LogP contribution in [0.15, 0.2) is 18.2 Å². The van der Waals surface area contributed by atoms with E-state index < -0.39 is 0 Å². The monoisotopic (exact) mass is 204 g/mol. The lowest BCUT2D eigenvalue weighted by atomic mass is 10.1. The van der Waals surface area contributed by atoms with Gasteiger partial charge in [0, 0.05) is 11.7 Å². The number of nitrogens with zero attached hydrogens (tertiary/aromatic N) is 1. The zero-order chi connectivity index (χ0) is 10.7. The number of aromatic nitrogens is 1. The van der Waals surface area contributed by atoms with Crippen molar-refractivity contribution >= 4 is 5.82 Å². The Hall–Kier alpha value is -1.05. The van der Waals surface area contributed by atoms with Crippen LogP contribution in [0.2, 0.25) is 0 Å². The summed E-state index contributed by atoms with van der Waals surface area (Å²) in [7, 11) is 0. The Kier molecular flexibility index (Phi) is 3.24. The Morgan fingerprint density at radius 2 is 2.27 bits per heavy atom. The van der Waals surface area contributed by atoms with Crippen molar-refractivity contribution in [1.82, 2.24) is 4.98 Å². The summed E-state index contributed by atoms with van der Waals surface area (Å²) in [5.41, 5.74) is 1.09. The molecule has 82 valence electrons. The van der Waals surface area contributed by atoms with Crippen molar-refractivity contribution in [1.29, 1.82) is 0 Å². The second-order valence-corrected chi connectivity index (χ2v) is 4.59. The molecule has 2 rings (SSSR count). The SMILES string of the molecule is CCC1CCC(Nc2cccc(C)n2)C1. The van der Waals surface area contributed by atoms with Crippen molar-refractivity contribution < 1.29 is 0 Å².